The molecule has 20 heavy (non-hydrogen) atoms. The average molecular weight is 274 g/mol. The summed E-state index contributed by atoms with van der Waals surface area (Å²) in [4.78, 5) is 16.3. The summed E-state index contributed by atoms with van der Waals surface area (Å²) >= 11 is 0. The highest BCUT2D eigenvalue weighted by molar-refractivity contribution is 5.97. The van der Waals surface area contributed by atoms with E-state index in [4.69, 9.17) is 9.84 Å². The first-order valence-electron chi connectivity index (χ1n) is 6.59. The van der Waals surface area contributed by atoms with E-state index in [1.54, 1.807) is 18.5 Å². The van der Waals surface area contributed by atoms with Crippen LogP contribution in [0.5, 0.6) is 0 Å². The molecule has 1 atom stereocenters. The van der Waals surface area contributed by atoms with Crippen molar-refractivity contribution in [1.82, 2.24) is 10.3 Å². The molecular formula is C15H18N2O3. The number of carbonyl (C=O) groups is 1. The Morgan fingerprint density at radius 2 is 2.50 bits per heavy atom. The van der Waals surface area contributed by atoms with Crippen LogP contribution in [0.4, 0.5) is 0 Å². The zero-order valence-corrected chi connectivity index (χ0v) is 11.5. The number of rotatable bonds is 3. The summed E-state index contributed by atoms with van der Waals surface area (Å²) in [6, 6.07) is 1.65. The molecule has 2 rings (SSSR count). The average Bonchev–Trinajstić information content (AvgIpc) is 2.86. The van der Waals surface area contributed by atoms with E-state index < -0.39 is 0 Å². The van der Waals surface area contributed by atoms with Crippen molar-refractivity contribution in [3.05, 3.63) is 29.6 Å². The molecule has 1 aromatic heterocycles. The van der Waals surface area contributed by atoms with Crippen molar-refractivity contribution in [3.8, 4) is 11.8 Å². The van der Waals surface area contributed by atoms with E-state index >= 15 is 0 Å². The molecule has 1 fully saturated rings. The molecule has 0 bridgehead atoms. The van der Waals surface area contributed by atoms with Gasteiger partial charge in [-0.2, -0.15) is 0 Å². The highest BCUT2D eigenvalue weighted by atomic mass is 16.5. The molecule has 1 aliphatic heterocycles. The Morgan fingerprint density at radius 1 is 1.65 bits per heavy atom. The Bertz CT molecular complexity index is 540. The maximum Gasteiger partial charge on any atom is 0.253 e. The number of aromatic nitrogens is 1. The lowest BCUT2D eigenvalue weighted by atomic mass is 10.0. The first-order chi connectivity index (χ1) is 9.64. The highest BCUT2D eigenvalue weighted by Gasteiger charge is 2.31. The van der Waals surface area contributed by atoms with Gasteiger partial charge in [-0.15, -0.1) is 0 Å². The van der Waals surface area contributed by atoms with Gasteiger partial charge >= 0.3 is 0 Å². The van der Waals surface area contributed by atoms with Crippen LogP contribution in [0.15, 0.2) is 18.5 Å². The van der Waals surface area contributed by atoms with Crippen molar-refractivity contribution >= 4 is 5.91 Å². The van der Waals surface area contributed by atoms with Crippen LogP contribution in [0.1, 0.15) is 35.7 Å². The minimum absolute atomic E-state index is 0.00417. The Hall–Kier alpha value is -1.90. The van der Waals surface area contributed by atoms with E-state index in [1.807, 2.05) is 6.92 Å². The molecule has 5 heteroatoms. The van der Waals surface area contributed by atoms with Crippen LogP contribution in [0, 0.1) is 11.8 Å². The highest BCUT2D eigenvalue weighted by Crippen LogP contribution is 2.18. The van der Waals surface area contributed by atoms with Crippen molar-refractivity contribution in [2.24, 2.45) is 0 Å². The van der Waals surface area contributed by atoms with E-state index in [9.17, 15) is 4.79 Å². The minimum atomic E-state index is -0.323. The van der Waals surface area contributed by atoms with Crippen LogP contribution in [-0.2, 0) is 4.74 Å². The van der Waals surface area contributed by atoms with Crippen LogP contribution in [0.2, 0.25) is 0 Å². The van der Waals surface area contributed by atoms with Crippen LogP contribution >= 0.6 is 0 Å². The third-order valence-corrected chi connectivity index (χ3v) is 3.16. The second kappa shape index (κ2) is 6.51. The maximum atomic E-state index is 12.3. The van der Waals surface area contributed by atoms with Gasteiger partial charge in [0.25, 0.3) is 5.91 Å². The SMILES string of the molecule is CC1(NC(=O)c2ccncc2C#CCCO)CCOC1. The third kappa shape index (κ3) is 3.56. The van der Waals surface area contributed by atoms with Gasteiger partial charge in [0.2, 0.25) is 0 Å². The molecule has 106 valence electrons. The number of ether oxygens (including phenoxy) is 1. The van der Waals surface area contributed by atoms with Crippen LogP contribution < -0.4 is 5.32 Å². The fraction of sp³-hybridized carbons (Fsp3) is 0.467. The first kappa shape index (κ1) is 14.5. The zero-order chi connectivity index (χ0) is 14.4. The number of hydrogen-bond acceptors (Lipinski definition) is 4. The smallest absolute Gasteiger partial charge is 0.253 e. The molecule has 0 radical (unpaired) electrons. The molecule has 1 amide bonds. The number of amides is 1. The second-order valence-electron chi connectivity index (χ2n) is 5.01. The summed E-state index contributed by atoms with van der Waals surface area (Å²) in [5, 5.41) is 11.7. The standard InChI is InChI=1S/C15H18N2O3/c1-15(6-9-20-11-15)17-14(19)13-5-7-16-10-12(13)4-2-3-8-18/h5,7,10,18H,3,6,8-9,11H2,1H3,(H,17,19). The lowest BCUT2D eigenvalue weighted by Crippen LogP contribution is -2.46. The van der Waals surface area contributed by atoms with Gasteiger partial charge in [-0.25, -0.2) is 0 Å². The van der Waals surface area contributed by atoms with Gasteiger partial charge in [0.05, 0.1) is 29.9 Å². The number of aliphatic hydroxyl groups excluding tert-OH is 1. The van der Waals surface area contributed by atoms with Gasteiger partial charge in [-0.05, 0) is 19.4 Å². The normalized spacial score (nSPS) is 21.1. The van der Waals surface area contributed by atoms with E-state index in [-0.39, 0.29) is 18.1 Å². The van der Waals surface area contributed by atoms with Crippen molar-refractivity contribution < 1.29 is 14.6 Å². The molecule has 2 heterocycles. The van der Waals surface area contributed by atoms with Gasteiger partial charge < -0.3 is 15.2 Å². The minimum Gasteiger partial charge on any atom is -0.395 e. The summed E-state index contributed by atoms with van der Waals surface area (Å²) in [5.74, 6) is 5.50. The van der Waals surface area contributed by atoms with E-state index in [2.05, 4.69) is 22.1 Å². The number of hydrogen-bond donors (Lipinski definition) is 2. The third-order valence-electron chi connectivity index (χ3n) is 3.16. The summed E-state index contributed by atoms with van der Waals surface area (Å²) in [6.07, 6.45) is 4.31. The van der Waals surface area contributed by atoms with Gasteiger partial charge in [0, 0.05) is 25.4 Å². The molecule has 1 aliphatic rings. The summed E-state index contributed by atoms with van der Waals surface area (Å²) in [7, 11) is 0. The topological polar surface area (TPSA) is 71.5 Å². The fourth-order valence-electron chi connectivity index (χ4n) is 2.01. The number of nitrogens with one attached hydrogen (secondary N) is 1. The monoisotopic (exact) mass is 274 g/mol. The van der Waals surface area contributed by atoms with Gasteiger partial charge in [-0.3, -0.25) is 9.78 Å². The molecule has 0 aliphatic carbocycles. The lowest BCUT2D eigenvalue weighted by molar-refractivity contribution is 0.0889. The first-order valence-corrected chi connectivity index (χ1v) is 6.59. The number of carbonyl (C=O) groups excluding carboxylic acids is 1. The Labute approximate surface area is 118 Å². The second-order valence-corrected chi connectivity index (χ2v) is 5.01. The van der Waals surface area contributed by atoms with Gasteiger partial charge in [0.1, 0.15) is 0 Å². The molecule has 1 aromatic rings. The van der Waals surface area contributed by atoms with Crippen molar-refractivity contribution in [2.75, 3.05) is 19.8 Å². The van der Waals surface area contributed by atoms with E-state index in [1.165, 1.54) is 0 Å². The molecular weight excluding hydrogens is 256 g/mol. The zero-order valence-electron chi connectivity index (χ0n) is 11.5. The molecule has 1 saturated heterocycles. The van der Waals surface area contributed by atoms with Crippen LogP contribution in [-0.4, -0.2) is 41.4 Å². The number of pyridine rings is 1. The Kier molecular flexibility index (Phi) is 4.72. The largest absolute Gasteiger partial charge is 0.395 e. The van der Waals surface area contributed by atoms with Crippen LogP contribution in [0.3, 0.4) is 0 Å². The fourth-order valence-corrected chi connectivity index (χ4v) is 2.01. The van der Waals surface area contributed by atoms with Crippen molar-refractivity contribution in [1.29, 1.82) is 0 Å². The number of aliphatic hydroxyl groups is 1. The number of nitrogens with zero attached hydrogens (tertiary/aromatic N) is 1. The lowest BCUT2D eigenvalue weighted by Gasteiger charge is -2.23. The van der Waals surface area contributed by atoms with E-state index in [0.717, 1.165) is 6.42 Å². The molecule has 2 N–H and O–H groups in total. The molecule has 5 nitrogen and oxygen atoms in total. The molecule has 0 saturated carbocycles. The van der Waals surface area contributed by atoms with E-state index in [0.29, 0.717) is 30.8 Å². The Morgan fingerprint density at radius 3 is 3.20 bits per heavy atom. The quantitative estimate of drug-likeness (QED) is 0.797. The predicted octanol–water partition coefficient (Wildman–Crippen LogP) is 0.724. The van der Waals surface area contributed by atoms with Crippen molar-refractivity contribution in [3.63, 3.8) is 0 Å². The summed E-state index contributed by atoms with van der Waals surface area (Å²) in [6.45, 7) is 3.16. The summed E-state index contributed by atoms with van der Waals surface area (Å²) < 4.78 is 5.32. The summed E-state index contributed by atoms with van der Waals surface area (Å²) in [5.41, 5.74) is 0.746. The van der Waals surface area contributed by atoms with Crippen molar-refractivity contribution in [2.45, 2.75) is 25.3 Å². The van der Waals surface area contributed by atoms with Gasteiger partial charge in [0.15, 0.2) is 0 Å². The molecule has 1 unspecified atom stereocenters. The maximum absolute atomic E-state index is 12.3. The van der Waals surface area contributed by atoms with Gasteiger partial charge in [-0.1, -0.05) is 11.8 Å². The molecule has 0 aromatic carbocycles. The Balaban J connectivity index is 2.15. The molecule has 0 spiro atoms. The van der Waals surface area contributed by atoms with Crippen LogP contribution in [0.25, 0.3) is 0 Å². The predicted molar refractivity (Wildman–Crippen MR) is 74.1 cm³/mol.